The van der Waals surface area contributed by atoms with Crippen molar-refractivity contribution in [3.63, 3.8) is 0 Å². The van der Waals surface area contributed by atoms with Crippen LogP contribution in [0.25, 0.3) is 5.76 Å². The van der Waals surface area contributed by atoms with Crippen molar-refractivity contribution in [3.8, 4) is 11.5 Å². The van der Waals surface area contributed by atoms with Gasteiger partial charge in [0.25, 0.3) is 11.7 Å². The smallest absolute Gasteiger partial charge is 0.295 e. The number of ketones is 1. The second-order valence-corrected chi connectivity index (χ2v) is 9.20. The maximum absolute atomic E-state index is 13.2. The highest BCUT2D eigenvalue weighted by Crippen LogP contribution is 2.41. The summed E-state index contributed by atoms with van der Waals surface area (Å²) in [5, 5.41) is 11.3. The lowest BCUT2D eigenvalue weighted by molar-refractivity contribution is -0.140. The molecule has 1 N–H and O–H groups in total. The molecule has 1 amide bonds. The van der Waals surface area contributed by atoms with Crippen molar-refractivity contribution in [1.82, 2.24) is 9.80 Å². The lowest BCUT2D eigenvalue weighted by Crippen LogP contribution is -2.33. The van der Waals surface area contributed by atoms with Crippen LogP contribution in [0.1, 0.15) is 37.4 Å². The first-order chi connectivity index (χ1) is 16.4. The van der Waals surface area contributed by atoms with Gasteiger partial charge in [0.05, 0.1) is 11.6 Å². The van der Waals surface area contributed by atoms with Gasteiger partial charge in [0.2, 0.25) is 0 Å². The van der Waals surface area contributed by atoms with Crippen LogP contribution in [0.2, 0.25) is 0 Å². The van der Waals surface area contributed by atoms with E-state index in [0.29, 0.717) is 36.8 Å². The number of carbonyl (C=O) groups excluding carboxylic acids is 2. The molecular formula is C26H29BrN2O5. The second kappa shape index (κ2) is 10.6. The Morgan fingerprint density at radius 3 is 2.53 bits per heavy atom. The fraction of sp³-hybridized carbons (Fsp3) is 0.385. The number of nitrogens with zero attached hydrogens (tertiary/aromatic N) is 2. The quantitative estimate of drug-likeness (QED) is 0.311. The molecule has 0 aromatic heterocycles. The van der Waals surface area contributed by atoms with Crippen LogP contribution in [0.5, 0.6) is 11.5 Å². The van der Waals surface area contributed by atoms with E-state index in [4.69, 9.17) is 9.47 Å². The van der Waals surface area contributed by atoms with E-state index in [1.54, 1.807) is 23.1 Å². The van der Waals surface area contributed by atoms with Gasteiger partial charge in [0.1, 0.15) is 19.0 Å². The molecule has 8 heteroatoms. The Kier molecular flexibility index (Phi) is 7.58. The Balaban J connectivity index is 1.73. The topological polar surface area (TPSA) is 79.3 Å². The molecule has 2 aromatic carbocycles. The molecule has 34 heavy (non-hydrogen) atoms. The number of rotatable bonds is 8. The molecular weight excluding hydrogens is 500 g/mol. The van der Waals surface area contributed by atoms with Crippen molar-refractivity contribution < 1.29 is 24.2 Å². The van der Waals surface area contributed by atoms with Gasteiger partial charge in [-0.05, 0) is 62.0 Å². The van der Waals surface area contributed by atoms with Crippen LogP contribution in [-0.2, 0) is 9.59 Å². The van der Waals surface area contributed by atoms with Gasteiger partial charge >= 0.3 is 0 Å². The van der Waals surface area contributed by atoms with Crippen LogP contribution in [-0.4, -0.2) is 66.0 Å². The van der Waals surface area contributed by atoms with Crippen LogP contribution < -0.4 is 9.47 Å². The van der Waals surface area contributed by atoms with E-state index in [-0.39, 0.29) is 11.3 Å². The average Bonchev–Trinajstić information content (AvgIpc) is 3.11. The average molecular weight is 529 g/mol. The van der Waals surface area contributed by atoms with Crippen molar-refractivity contribution in [2.75, 3.05) is 39.4 Å². The number of ether oxygens (including phenoxy) is 2. The highest BCUT2D eigenvalue weighted by atomic mass is 79.9. The van der Waals surface area contributed by atoms with Crippen LogP contribution >= 0.6 is 15.9 Å². The number of halogens is 1. The van der Waals surface area contributed by atoms with E-state index in [2.05, 4.69) is 34.7 Å². The van der Waals surface area contributed by atoms with Crippen LogP contribution in [0.15, 0.2) is 52.5 Å². The molecule has 2 aromatic rings. The van der Waals surface area contributed by atoms with Gasteiger partial charge in [0, 0.05) is 16.6 Å². The number of carbonyl (C=O) groups is 2. The lowest BCUT2D eigenvalue weighted by Gasteiger charge is -2.27. The zero-order valence-electron chi connectivity index (χ0n) is 19.4. The SMILES string of the molecule is CCN(CC)CCCN1C(=O)C(=O)C(=C(O)c2ccc3c(c2)OCCO3)[C@H]1c1cccc(Br)c1. The number of fused-ring (bicyclic) bond motifs is 1. The molecule has 2 heterocycles. The van der Waals surface area contributed by atoms with E-state index < -0.39 is 17.7 Å². The summed E-state index contributed by atoms with van der Waals surface area (Å²) in [6.45, 7) is 8.16. The van der Waals surface area contributed by atoms with E-state index in [1.807, 2.05) is 24.3 Å². The fourth-order valence-electron chi connectivity index (χ4n) is 4.48. The number of aliphatic hydroxyl groups excluding tert-OH is 1. The first-order valence-electron chi connectivity index (χ1n) is 11.6. The molecule has 2 aliphatic rings. The van der Waals surface area contributed by atoms with Gasteiger partial charge in [-0.1, -0.05) is 41.9 Å². The third-order valence-electron chi connectivity index (χ3n) is 6.29. The Bertz CT molecular complexity index is 1110. The summed E-state index contributed by atoms with van der Waals surface area (Å²) in [7, 11) is 0. The fourth-order valence-corrected chi connectivity index (χ4v) is 4.90. The zero-order valence-corrected chi connectivity index (χ0v) is 21.0. The van der Waals surface area contributed by atoms with E-state index >= 15 is 0 Å². The molecule has 0 radical (unpaired) electrons. The maximum atomic E-state index is 13.2. The van der Waals surface area contributed by atoms with Crippen molar-refractivity contribution in [2.24, 2.45) is 0 Å². The number of Topliss-reactive ketones (excluding diaryl/α,β-unsaturated/α-hetero) is 1. The van der Waals surface area contributed by atoms with Gasteiger partial charge in [0.15, 0.2) is 11.5 Å². The molecule has 0 unspecified atom stereocenters. The minimum absolute atomic E-state index is 0.0858. The highest BCUT2D eigenvalue weighted by molar-refractivity contribution is 9.10. The zero-order chi connectivity index (χ0) is 24.2. The van der Waals surface area contributed by atoms with Crippen LogP contribution in [0.4, 0.5) is 0 Å². The van der Waals surface area contributed by atoms with Gasteiger partial charge in [-0.3, -0.25) is 9.59 Å². The molecule has 1 saturated heterocycles. The number of benzene rings is 2. The molecule has 180 valence electrons. The third-order valence-corrected chi connectivity index (χ3v) is 6.78. The summed E-state index contributed by atoms with van der Waals surface area (Å²) < 4.78 is 12.0. The third kappa shape index (κ3) is 4.83. The summed E-state index contributed by atoms with van der Waals surface area (Å²) in [6, 6.07) is 11.8. The summed E-state index contributed by atoms with van der Waals surface area (Å²) in [6.07, 6.45) is 0.725. The molecule has 4 rings (SSSR count). The molecule has 0 spiro atoms. The summed E-state index contributed by atoms with van der Waals surface area (Å²) in [5.74, 6) is -0.402. The van der Waals surface area contributed by atoms with E-state index in [9.17, 15) is 14.7 Å². The monoisotopic (exact) mass is 528 g/mol. The molecule has 0 aliphatic carbocycles. The summed E-state index contributed by atoms with van der Waals surface area (Å²) >= 11 is 3.49. The lowest BCUT2D eigenvalue weighted by atomic mass is 9.95. The molecule has 0 saturated carbocycles. The Morgan fingerprint density at radius 1 is 1.09 bits per heavy atom. The minimum atomic E-state index is -0.680. The highest BCUT2D eigenvalue weighted by Gasteiger charge is 2.46. The summed E-state index contributed by atoms with van der Waals surface area (Å²) in [5.41, 5.74) is 1.25. The second-order valence-electron chi connectivity index (χ2n) is 8.29. The Hall–Kier alpha value is -2.84. The molecule has 0 bridgehead atoms. The standard InChI is InChI=1S/C26H29BrN2O5/c1-3-28(4-2)11-6-12-29-23(17-7-5-8-19(27)15-17)22(25(31)26(29)32)24(30)18-9-10-20-21(16-18)34-14-13-33-20/h5,7-10,15-16,23,30H,3-4,6,11-14H2,1-2H3/t23-/m1/s1. The minimum Gasteiger partial charge on any atom is -0.507 e. The molecule has 7 nitrogen and oxygen atoms in total. The van der Waals surface area contributed by atoms with Crippen molar-refractivity contribution in [1.29, 1.82) is 0 Å². The van der Waals surface area contributed by atoms with Crippen molar-refractivity contribution in [2.45, 2.75) is 26.3 Å². The van der Waals surface area contributed by atoms with E-state index in [0.717, 1.165) is 36.1 Å². The van der Waals surface area contributed by atoms with E-state index in [1.165, 1.54) is 0 Å². The molecule has 1 fully saturated rings. The first kappa shape index (κ1) is 24.3. The number of amides is 1. The Morgan fingerprint density at radius 2 is 1.82 bits per heavy atom. The number of aliphatic hydroxyl groups is 1. The maximum Gasteiger partial charge on any atom is 0.295 e. The predicted molar refractivity (Wildman–Crippen MR) is 133 cm³/mol. The first-order valence-corrected chi connectivity index (χ1v) is 12.4. The number of hydrogen-bond donors (Lipinski definition) is 1. The molecule has 2 aliphatic heterocycles. The predicted octanol–water partition coefficient (Wildman–Crippen LogP) is 4.37. The van der Waals surface area contributed by atoms with Gasteiger partial charge in [-0.2, -0.15) is 0 Å². The van der Waals surface area contributed by atoms with Crippen molar-refractivity contribution >= 4 is 33.4 Å². The van der Waals surface area contributed by atoms with Crippen LogP contribution in [0.3, 0.4) is 0 Å². The normalized spacial score (nSPS) is 19.2. The van der Waals surface area contributed by atoms with Gasteiger partial charge in [-0.15, -0.1) is 0 Å². The van der Waals surface area contributed by atoms with Gasteiger partial charge < -0.3 is 24.4 Å². The van der Waals surface area contributed by atoms with Crippen molar-refractivity contribution in [3.05, 3.63) is 63.6 Å². The van der Waals surface area contributed by atoms with Gasteiger partial charge in [-0.25, -0.2) is 0 Å². The largest absolute Gasteiger partial charge is 0.507 e. The summed E-state index contributed by atoms with van der Waals surface area (Å²) in [4.78, 5) is 30.2. The Labute approximate surface area is 208 Å². The number of hydrogen-bond acceptors (Lipinski definition) is 6. The molecule has 1 atom stereocenters. The van der Waals surface area contributed by atoms with Crippen LogP contribution in [0, 0.1) is 0 Å². The number of likely N-dealkylation sites (tertiary alicyclic amines) is 1.